The van der Waals surface area contributed by atoms with E-state index in [0.29, 0.717) is 11.4 Å². The number of pyridine rings is 1. The Kier molecular flexibility index (Phi) is 4.37. The fourth-order valence-electron chi connectivity index (χ4n) is 2.33. The fraction of sp³-hybridized carbons (Fsp3) is 0.571. The van der Waals surface area contributed by atoms with E-state index in [1.807, 2.05) is 13.8 Å². The van der Waals surface area contributed by atoms with Crippen molar-refractivity contribution in [1.29, 1.82) is 0 Å². The third-order valence-corrected chi connectivity index (χ3v) is 3.10. The Balaban J connectivity index is 2.04. The number of hydrogen-bond acceptors (Lipinski definition) is 5. The molecule has 2 heterocycles. The van der Waals surface area contributed by atoms with Gasteiger partial charge in [0.25, 0.3) is 0 Å². The Bertz CT molecular complexity index is 439. The minimum Gasteiger partial charge on any atom is -0.474 e. The van der Waals surface area contributed by atoms with Crippen LogP contribution < -0.4 is 4.74 Å². The van der Waals surface area contributed by atoms with Crippen molar-refractivity contribution in [2.75, 3.05) is 7.11 Å². The average molecular weight is 265 g/mol. The summed E-state index contributed by atoms with van der Waals surface area (Å²) in [4.78, 5) is 15.6. The van der Waals surface area contributed by atoms with Crippen LogP contribution in [0.4, 0.5) is 0 Å². The van der Waals surface area contributed by atoms with Gasteiger partial charge in [-0.25, -0.2) is 9.78 Å². The van der Waals surface area contributed by atoms with Gasteiger partial charge in [-0.3, -0.25) is 0 Å². The number of methoxy groups -OCH3 is 1. The van der Waals surface area contributed by atoms with Gasteiger partial charge < -0.3 is 14.2 Å². The molecule has 1 saturated heterocycles. The number of carbonyl (C=O) groups is 1. The van der Waals surface area contributed by atoms with Gasteiger partial charge in [-0.15, -0.1) is 0 Å². The standard InChI is InChI=1S/C14H19NO4/c1-9-6-12(7-10(2)18-9)19-13-8-11(4-5-15-13)14(16)17-3/h4-5,8-10,12H,6-7H2,1-3H3. The maximum Gasteiger partial charge on any atom is 0.338 e. The highest BCUT2D eigenvalue weighted by Gasteiger charge is 2.26. The molecule has 2 rings (SSSR count). The summed E-state index contributed by atoms with van der Waals surface area (Å²) in [6.45, 7) is 4.06. The zero-order chi connectivity index (χ0) is 13.8. The molecule has 1 aliphatic heterocycles. The van der Waals surface area contributed by atoms with Crippen LogP contribution in [-0.4, -0.2) is 36.4 Å². The lowest BCUT2D eigenvalue weighted by Gasteiger charge is -2.31. The highest BCUT2D eigenvalue weighted by Crippen LogP contribution is 2.23. The van der Waals surface area contributed by atoms with Crippen LogP contribution in [0.15, 0.2) is 18.3 Å². The first-order chi connectivity index (χ1) is 9.08. The molecule has 0 bridgehead atoms. The van der Waals surface area contributed by atoms with E-state index in [-0.39, 0.29) is 24.3 Å². The van der Waals surface area contributed by atoms with Crippen LogP contribution in [0.5, 0.6) is 5.88 Å². The lowest BCUT2D eigenvalue weighted by atomic mass is 10.0. The van der Waals surface area contributed by atoms with E-state index in [9.17, 15) is 4.79 Å². The molecule has 0 amide bonds. The molecule has 1 fully saturated rings. The maximum atomic E-state index is 11.4. The molecule has 0 aliphatic carbocycles. The highest BCUT2D eigenvalue weighted by atomic mass is 16.5. The summed E-state index contributed by atoms with van der Waals surface area (Å²) in [7, 11) is 1.35. The van der Waals surface area contributed by atoms with E-state index < -0.39 is 0 Å². The fourth-order valence-corrected chi connectivity index (χ4v) is 2.33. The van der Waals surface area contributed by atoms with Gasteiger partial charge in [-0.2, -0.15) is 0 Å². The second-order valence-electron chi connectivity index (χ2n) is 4.84. The topological polar surface area (TPSA) is 57.7 Å². The number of esters is 1. The maximum absolute atomic E-state index is 11.4. The van der Waals surface area contributed by atoms with Crippen molar-refractivity contribution in [3.8, 4) is 5.88 Å². The molecule has 2 unspecified atom stereocenters. The third-order valence-electron chi connectivity index (χ3n) is 3.10. The molecule has 19 heavy (non-hydrogen) atoms. The van der Waals surface area contributed by atoms with Crippen LogP contribution in [0.2, 0.25) is 0 Å². The molecule has 1 aromatic heterocycles. The molecule has 0 N–H and O–H groups in total. The molecule has 5 heteroatoms. The Morgan fingerprint density at radius 1 is 1.37 bits per heavy atom. The van der Waals surface area contributed by atoms with E-state index in [0.717, 1.165) is 12.8 Å². The molecular formula is C14H19NO4. The number of ether oxygens (including phenoxy) is 3. The van der Waals surface area contributed by atoms with Crippen LogP contribution in [0, 0.1) is 0 Å². The first kappa shape index (κ1) is 13.8. The zero-order valence-corrected chi connectivity index (χ0v) is 11.5. The van der Waals surface area contributed by atoms with Gasteiger partial charge in [0.2, 0.25) is 5.88 Å². The minimum atomic E-state index is -0.388. The van der Waals surface area contributed by atoms with E-state index in [4.69, 9.17) is 9.47 Å². The molecule has 1 aromatic rings. The van der Waals surface area contributed by atoms with Gasteiger partial charge in [0, 0.05) is 25.1 Å². The average Bonchev–Trinajstić information content (AvgIpc) is 2.37. The van der Waals surface area contributed by atoms with Crippen molar-refractivity contribution in [2.24, 2.45) is 0 Å². The Hall–Kier alpha value is -1.62. The van der Waals surface area contributed by atoms with Gasteiger partial charge in [0.1, 0.15) is 6.10 Å². The smallest absolute Gasteiger partial charge is 0.338 e. The van der Waals surface area contributed by atoms with E-state index in [2.05, 4.69) is 9.72 Å². The molecule has 0 saturated carbocycles. The normalized spacial score (nSPS) is 26.8. The number of hydrogen-bond donors (Lipinski definition) is 0. The predicted octanol–water partition coefficient (Wildman–Crippen LogP) is 2.20. The predicted molar refractivity (Wildman–Crippen MR) is 69.2 cm³/mol. The van der Waals surface area contributed by atoms with Gasteiger partial charge in [0.15, 0.2) is 0 Å². The SMILES string of the molecule is COC(=O)c1ccnc(OC2CC(C)OC(C)C2)c1. The van der Waals surface area contributed by atoms with Gasteiger partial charge in [0.05, 0.1) is 24.9 Å². The first-order valence-corrected chi connectivity index (χ1v) is 6.45. The van der Waals surface area contributed by atoms with Crippen LogP contribution in [0.3, 0.4) is 0 Å². The Morgan fingerprint density at radius 3 is 2.68 bits per heavy atom. The van der Waals surface area contributed by atoms with Crippen molar-refractivity contribution in [1.82, 2.24) is 4.98 Å². The second-order valence-corrected chi connectivity index (χ2v) is 4.84. The monoisotopic (exact) mass is 265 g/mol. The Morgan fingerprint density at radius 2 is 2.05 bits per heavy atom. The molecule has 1 aliphatic rings. The highest BCUT2D eigenvalue weighted by molar-refractivity contribution is 5.89. The number of carbonyl (C=O) groups excluding carboxylic acids is 1. The quantitative estimate of drug-likeness (QED) is 0.784. The summed E-state index contributed by atoms with van der Waals surface area (Å²) in [5.74, 6) is 0.0650. The van der Waals surface area contributed by atoms with E-state index >= 15 is 0 Å². The summed E-state index contributed by atoms with van der Waals surface area (Å²) in [6.07, 6.45) is 3.63. The van der Waals surface area contributed by atoms with Crippen molar-refractivity contribution in [3.05, 3.63) is 23.9 Å². The van der Waals surface area contributed by atoms with Crippen LogP contribution in [0.1, 0.15) is 37.0 Å². The molecule has 5 nitrogen and oxygen atoms in total. The largest absolute Gasteiger partial charge is 0.474 e. The van der Waals surface area contributed by atoms with Crippen molar-refractivity contribution >= 4 is 5.97 Å². The summed E-state index contributed by atoms with van der Waals surface area (Å²) in [6, 6.07) is 3.21. The van der Waals surface area contributed by atoms with Crippen LogP contribution >= 0.6 is 0 Å². The number of aromatic nitrogens is 1. The third kappa shape index (κ3) is 3.67. The lowest BCUT2D eigenvalue weighted by Crippen LogP contribution is -2.35. The van der Waals surface area contributed by atoms with Crippen molar-refractivity contribution in [3.63, 3.8) is 0 Å². The van der Waals surface area contributed by atoms with E-state index in [1.165, 1.54) is 7.11 Å². The van der Waals surface area contributed by atoms with Crippen molar-refractivity contribution < 1.29 is 19.0 Å². The van der Waals surface area contributed by atoms with E-state index in [1.54, 1.807) is 18.3 Å². The molecule has 0 aromatic carbocycles. The van der Waals surface area contributed by atoms with Crippen LogP contribution in [-0.2, 0) is 9.47 Å². The Labute approximate surface area is 112 Å². The summed E-state index contributed by atoms with van der Waals surface area (Å²) in [5.41, 5.74) is 0.445. The zero-order valence-electron chi connectivity index (χ0n) is 11.5. The molecular weight excluding hydrogens is 246 g/mol. The summed E-state index contributed by atoms with van der Waals surface area (Å²) in [5, 5.41) is 0. The van der Waals surface area contributed by atoms with Gasteiger partial charge in [-0.1, -0.05) is 0 Å². The first-order valence-electron chi connectivity index (χ1n) is 6.45. The van der Waals surface area contributed by atoms with Crippen LogP contribution in [0.25, 0.3) is 0 Å². The molecule has 104 valence electrons. The summed E-state index contributed by atoms with van der Waals surface area (Å²) < 4.78 is 16.2. The van der Waals surface area contributed by atoms with Gasteiger partial charge in [-0.05, 0) is 19.9 Å². The minimum absolute atomic E-state index is 0.0687. The lowest BCUT2D eigenvalue weighted by molar-refractivity contribution is -0.0729. The molecule has 0 radical (unpaired) electrons. The number of nitrogens with zero attached hydrogens (tertiary/aromatic N) is 1. The van der Waals surface area contributed by atoms with Crippen molar-refractivity contribution in [2.45, 2.75) is 45.0 Å². The van der Waals surface area contributed by atoms with Gasteiger partial charge >= 0.3 is 5.97 Å². The second kappa shape index (κ2) is 6.02. The molecule has 0 spiro atoms. The summed E-state index contributed by atoms with van der Waals surface area (Å²) >= 11 is 0. The molecule has 2 atom stereocenters. The number of rotatable bonds is 3.